The van der Waals surface area contributed by atoms with Crippen molar-refractivity contribution >= 4 is 33.5 Å². The maximum absolute atomic E-state index is 12.1. The van der Waals surface area contributed by atoms with Crippen molar-refractivity contribution in [2.45, 2.75) is 26.7 Å². The quantitative estimate of drug-likeness (QED) is 0.343. The normalized spacial score (nSPS) is 34.2. The predicted molar refractivity (Wildman–Crippen MR) is 63.7 cm³/mol. The fraction of sp³-hybridized carbons (Fsp3) is 0.750. The summed E-state index contributed by atoms with van der Waals surface area (Å²) in [5, 5.41) is 0.529. The number of esters is 1. The van der Waals surface area contributed by atoms with Crippen LogP contribution in [0, 0.1) is 16.7 Å². The van der Waals surface area contributed by atoms with Gasteiger partial charge in [0, 0.05) is 11.2 Å². The molecule has 0 aliphatic heterocycles. The summed E-state index contributed by atoms with van der Waals surface area (Å²) in [6.45, 7) is 3.87. The monoisotopic (exact) mass is 302 g/mol. The highest BCUT2D eigenvalue weighted by Crippen LogP contribution is 2.62. The molecule has 2 bridgehead atoms. The average molecular weight is 303 g/mol. The number of ketones is 2. The first-order chi connectivity index (χ1) is 7.89. The number of hydrogen-bond acceptors (Lipinski definition) is 4. The van der Waals surface area contributed by atoms with Gasteiger partial charge < -0.3 is 4.74 Å². The Balaban J connectivity index is 2.38. The first-order valence-corrected chi connectivity index (χ1v) is 6.83. The molecule has 2 fully saturated rings. The first kappa shape index (κ1) is 12.7. The summed E-state index contributed by atoms with van der Waals surface area (Å²) >= 11 is 3.16. The van der Waals surface area contributed by atoms with Crippen molar-refractivity contribution in [3.05, 3.63) is 0 Å². The number of alkyl halides is 1. The van der Waals surface area contributed by atoms with Gasteiger partial charge in [-0.05, 0) is 18.3 Å². The second-order valence-electron chi connectivity index (χ2n) is 5.24. The van der Waals surface area contributed by atoms with E-state index >= 15 is 0 Å². The molecule has 5 heteroatoms. The van der Waals surface area contributed by atoms with E-state index in [2.05, 4.69) is 15.9 Å². The lowest BCUT2D eigenvalue weighted by Gasteiger charge is -2.32. The molecule has 2 aliphatic carbocycles. The Hall–Kier alpha value is -0.710. The van der Waals surface area contributed by atoms with Crippen molar-refractivity contribution in [3.8, 4) is 0 Å². The molecule has 0 amide bonds. The summed E-state index contributed by atoms with van der Waals surface area (Å²) in [5.41, 5.74) is -1.83. The summed E-state index contributed by atoms with van der Waals surface area (Å²) in [6.07, 6.45) is 1.05. The molecule has 0 aromatic heterocycles. The molecule has 0 aromatic rings. The number of fused-ring (bicyclic) bond motifs is 2. The molecule has 4 nitrogen and oxygen atoms in total. The van der Waals surface area contributed by atoms with Crippen LogP contribution in [0.1, 0.15) is 26.7 Å². The molecule has 2 rings (SSSR count). The molecule has 0 spiro atoms. The van der Waals surface area contributed by atoms with E-state index in [1.807, 2.05) is 13.8 Å². The van der Waals surface area contributed by atoms with Crippen LogP contribution in [0.2, 0.25) is 0 Å². The van der Waals surface area contributed by atoms with Crippen molar-refractivity contribution in [1.29, 1.82) is 0 Å². The van der Waals surface area contributed by atoms with E-state index in [0.29, 0.717) is 18.2 Å². The van der Waals surface area contributed by atoms with Crippen LogP contribution in [-0.2, 0) is 19.1 Å². The van der Waals surface area contributed by atoms with Crippen LogP contribution in [0.25, 0.3) is 0 Å². The van der Waals surface area contributed by atoms with Crippen molar-refractivity contribution in [3.63, 3.8) is 0 Å². The van der Waals surface area contributed by atoms with Crippen molar-refractivity contribution < 1.29 is 19.1 Å². The molecule has 2 aliphatic rings. The molecule has 17 heavy (non-hydrogen) atoms. The van der Waals surface area contributed by atoms with E-state index in [4.69, 9.17) is 4.74 Å². The van der Waals surface area contributed by atoms with Gasteiger partial charge in [0.25, 0.3) is 0 Å². The Morgan fingerprint density at radius 3 is 2.59 bits per heavy atom. The zero-order valence-electron chi connectivity index (χ0n) is 9.92. The molecule has 0 aromatic carbocycles. The molecule has 2 atom stereocenters. The number of rotatable bonds is 3. The van der Waals surface area contributed by atoms with Crippen LogP contribution in [0.4, 0.5) is 0 Å². The second kappa shape index (κ2) is 3.90. The maximum Gasteiger partial charge on any atom is 0.320 e. The molecule has 0 heterocycles. The molecule has 0 saturated heterocycles. The zero-order chi connectivity index (χ0) is 12.8. The van der Waals surface area contributed by atoms with E-state index in [9.17, 15) is 14.4 Å². The Labute approximate surface area is 108 Å². The molecular formula is C12H15BrO4. The van der Waals surface area contributed by atoms with Crippen LogP contribution >= 0.6 is 15.9 Å². The van der Waals surface area contributed by atoms with E-state index < -0.39 is 28.4 Å². The smallest absolute Gasteiger partial charge is 0.320 e. The highest BCUT2D eigenvalue weighted by molar-refractivity contribution is 9.09. The lowest BCUT2D eigenvalue weighted by molar-refractivity contribution is -0.164. The Morgan fingerprint density at radius 2 is 2.12 bits per heavy atom. The predicted octanol–water partition coefficient (Wildman–Crippen LogP) is 1.50. The minimum atomic E-state index is -1.23. The largest absolute Gasteiger partial charge is 0.464 e. The van der Waals surface area contributed by atoms with Gasteiger partial charge >= 0.3 is 5.97 Å². The molecule has 2 saturated carbocycles. The number of halogens is 1. The third-order valence-electron chi connectivity index (χ3n) is 4.37. The van der Waals surface area contributed by atoms with Crippen LogP contribution < -0.4 is 0 Å². The molecule has 0 radical (unpaired) electrons. The average Bonchev–Trinajstić information content (AvgIpc) is 2.62. The lowest BCUT2D eigenvalue weighted by atomic mass is 9.69. The highest BCUT2D eigenvalue weighted by atomic mass is 79.9. The maximum atomic E-state index is 12.1. The van der Waals surface area contributed by atoms with Gasteiger partial charge in [0.1, 0.15) is 12.0 Å². The van der Waals surface area contributed by atoms with Gasteiger partial charge in [-0.1, -0.05) is 29.8 Å². The Bertz CT molecular complexity index is 401. The summed E-state index contributed by atoms with van der Waals surface area (Å²) < 4.78 is 5.09. The van der Waals surface area contributed by atoms with Crippen molar-refractivity contribution in [2.75, 3.05) is 11.9 Å². The second-order valence-corrected chi connectivity index (χ2v) is 6.03. The third-order valence-corrected chi connectivity index (χ3v) is 4.69. The fourth-order valence-corrected chi connectivity index (χ4v) is 3.45. The molecule has 0 N–H and O–H groups in total. The van der Waals surface area contributed by atoms with Crippen molar-refractivity contribution in [2.24, 2.45) is 16.7 Å². The highest BCUT2D eigenvalue weighted by Gasteiger charge is 2.73. The third kappa shape index (κ3) is 1.38. The summed E-state index contributed by atoms with van der Waals surface area (Å²) in [7, 11) is 0. The molecule has 2 unspecified atom stereocenters. The number of carbonyl (C=O) groups is 3. The first-order valence-electron chi connectivity index (χ1n) is 5.71. The topological polar surface area (TPSA) is 60.4 Å². The lowest BCUT2D eigenvalue weighted by Crippen LogP contribution is -2.45. The van der Waals surface area contributed by atoms with Gasteiger partial charge in [-0.25, -0.2) is 0 Å². The molecular weight excluding hydrogens is 288 g/mol. The number of hydrogen-bond donors (Lipinski definition) is 0. The van der Waals surface area contributed by atoms with Crippen molar-refractivity contribution in [1.82, 2.24) is 0 Å². The Kier molecular flexibility index (Phi) is 2.92. The van der Waals surface area contributed by atoms with Gasteiger partial charge in [-0.3, -0.25) is 14.4 Å². The van der Waals surface area contributed by atoms with Crippen LogP contribution in [-0.4, -0.2) is 29.5 Å². The summed E-state index contributed by atoms with van der Waals surface area (Å²) in [4.78, 5) is 36.0. The van der Waals surface area contributed by atoms with Crippen LogP contribution in [0.15, 0.2) is 0 Å². The number of carbonyl (C=O) groups excluding carboxylic acids is 3. The van der Waals surface area contributed by atoms with E-state index in [-0.39, 0.29) is 12.5 Å². The van der Waals surface area contributed by atoms with E-state index in [1.165, 1.54) is 0 Å². The van der Waals surface area contributed by atoms with Gasteiger partial charge in [-0.2, -0.15) is 0 Å². The van der Waals surface area contributed by atoms with E-state index in [1.54, 1.807) is 0 Å². The standard InChI is InChI=1S/C12H15BrO4/c1-11(2)7-3-4-12(11,9(15)8(7)14)10(16)17-6-5-13/h7H,3-6H2,1-2H3. The molecule has 94 valence electrons. The van der Waals surface area contributed by atoms with Gasteiger partial charge in [0.15, 0.2) is 0 Å². The SMILES string of the molecule is CC1(C)C2CCC1(C(=O)OCCBr)C(=O)C2=O. The summed E-state index contributed by atoms with van der Waals surface area (Å²) in [6, 6.07) is 0. The van der Waals surface area contributed by atoms with Crippen LogP contribution in [0.5, 0.6) is 0 Å². The van der Waals surface area contributed by atoms with Gasteiger partial charge in [-0.15, -0.1) is 0 Å². The number of ether oxygens (including phenoxy) is 1. The summed E-state index contributed by atoms with van der Waals surface area (Å²) in [5.74, 6) is -1.78. The van der Waals surface area contributed by atoms with E-state index in [0.717, 1.165) is 0 Å². The van der Waals surface area contributed by atoms with Gasteiger partial charge in [0.2, 0.25) is 11.6 Å². The zero-order valence-corrected chi connectivity index (χ0v) is 11.5. The van der Waals surface area contributed by atoms with Gasteiger partial charge in [0.05, 0.1) is 0 Å². The number of Topliss-reactive ketones (excluding diaryl/α,β-unsaturated/α-hetero) is 2. The minimum Gasteiger partial charge on any atom is -0.464 e. The Morgan fingerprint density at radius 1 is 1.47 bits per heavy atom. The fourth-order valence-electron chi connectivity index (χ4n) is 3.29. The van der Waals surface area contributed by atoms with Crippen LogP contribution in [0.3, 0.4) is 0 Å². The minimum absolute atomic E-state index is 0.225.